The van der Waals surface area contributed by atoms with Crippen molar-refractivity contribution in [3.05, 3.63) is 58.9 Å². The van der Waals surface area contributed by atoms with Gasteiger partial charge in [-0.25, -0.2) is 9.18 Å². The fourth-order valence-corrected chi connectivity index (χ4v) is 2.05. The number of anilines is 2. The van der Waals surface area contributed by atoms with E-state index in [1.54, 1.807) is 12.1 Å². The highest BCUT2D eigenvalue weighted by Crippen LogP contribution is 2.25. The minimum atomic E-state index is -0.576. The summed E-state index contributed by atoms with van der Waals surface area (Å²) in [4.78, 5) is 11.9. The molecule has 0 aromatic heterocycles. The Hall–Kier alpha value is -2.07. The van der Waals surface area contributed by atoms with E-state index in [2.05, 4.69) is 24.5 Å². The minimum Gasteiger partial charge on any atom is -0.308 e. The van der Waals surface area contributed by atoms with Crippen molar-refractivity contribution in [2.24, 2.45) is 0 Å². The lowest BCUT2D eigenvalue weighted by Gasteiger charge is -2.11. The van der Waals surface area contributed by atoms with Crippen LogP contribution in [-0.2, 0) is 0 Å². The van der Waals surface area contributed by atoms with Crippen molar-refractivity contribution in [2.75, 3.05) is 10.6 Å². The normalized spacial score (nSPS) is 10.5. The van der Waals surface area contributed by atoms with Crippen molar-refractivity contribution < 1.29 is 9.18 Å². The summed E-state index contributed by atoms with van der Waals surface area (Å²) in [6.07, 6.45) is 0. The number of halogens is 2. The molecule has 0 bridgehead atoms. The first kappa shape index (κ1) is 15.3. The standard InChI is InChI=1S/C16H16ClFN2O/c1-10(2)11-6-8-12(9-7-11)19-16(21)20-15-13(17)4-3-5-14(15)18/h3-10H,1-2H3,(H2,19,20,21). The van der Waals surface area contributed by atoms with Crippen LogP contribution in [0.1, 0.15) is 25.3 Å². The Morgan fingerprint density at radius 3 is 2.33 bits per heavy atom. The van der Waals surface area contributed by atoms with E-state index < -0.39 is 11.8 Å². The number of amides is 2. The van der Waals surface area contributed by atoms with E-state index in [9.17, 15) is 9.18 Å². The van der Waals surface area contributed by atoms with Gasteiger partial charge in [0.05, 0.1) is 10.7 Å². The summed E-state index contributed by atoms with van der Waals surface area (Å²) in [6.45, 7) is 4.19. The van der Waals surface area contributed by atoms with E-state index in [0.717, 1.165) is 0 Å². The molecule has 2 amide bonds. The topological polar surface area (TPSA) is 41.1 Å². The summed E-state index contributed by atoms with van der Waals surface area (Å²) in [6, 6.07) is 11.2. The van der Waals surface area contributed by atoms with Crippen LogP contribution >= 0.6 is 11.6 Å². The van der Waals surface area contributed by atoms with E-state index in [0.29, 0.717) is 11.6 Å². The Balaban J connectivity index is 2.05. The molecule has 110 valence electrons. The van der Waals surface area contributed by atoms with E-state index >= 15 is 0 Å². The zero-order valence-electron chi connectivity index (χ0n) is 11.8. The molecule has 3 nitrogen and oxygen atoms in total. The summed E-state index contributed by atoms with van der Waals surface area (Å²) in [5.74, 6) is -0.155. The van der Waals surface area contributed by atoms with Crippen LogP contribution in [0, 0.1) is 5.82 Å². The van der Waals surface area contributed by atoms with Gasteiger partial charge in [-0.2, -0.15) is 0 Å². The molecule has 2 N–H and O–H groups in total. The molecule has 0 aliphatic rings. The highest BCUT2D eigenvalue weighted by molar-refractivity contribution is 6.33. The quantitative estimate of drug-likeness (QED) is 0.799. The fourth-order valence-electron chi connectivity index (χ4n) is 1.84. The molecule has 0 aliphatic carbocycles. The third-order valence-electron chi connectivity index (χ3n) is 3.04. The second kappa shape index (κ2) is 6.59. The van der Waals surface area contributed by atoms with Crippen molar-refractivity contribution >= 4 is 29.0 Å². The predicted octanol–water partition coefficient (Wildman–Crippen LogP) is 5.25. The van der Waals surface area contributed by atoms with Crippen LogP contribution in [0.25, 0.3) is 0 Å². The molecule has 21 heavy (non-hydrogen) atoms. The molecule has 0 aliphatic heterocycles. The Morgan fingerprint density at radius 1 is 1.10 bits per heavy atom. The highest BCUT2D eigenvalue weighted by atomic mass is 35.5. The average molecular weight is 307 g/mol. The molecule has 0 fully saturated rings. The Morgan fingerprint density at radius 2 is 1.76 bits per heavy atom. The Labute approximate surface area is 128 Å². The number of carbonyl (C=O) groups is 1. The number of hydrogen-bond donors (Lipinski definition) is 2. The van der Waals surface area contributed by atoms with Crippen LogP contribution in [-0.4, -0.2) is 6.03 Å². The minimum absolute atomic E-state index is 0.0320. The van der Waals surface area contributed by atoms with Gasteiger partial charge in [-0.1, -0.05) is 43.6 Å². The predicted molar refractivity (Wildman–Crippen MR) is 84.6 cm³/mol. The lowest BCUT2D eigenvalue weighted by Crippen LogP contribution is -2.20. The molecule has 0 saturated heterocycles. The lowest BCUT2D eigenvalue weighted by molar-refractivity contribution is 0.262. The molecule has 5 heteroatoms. The average Bonchev–Trinajstić information content (AvgIpc) is 2.43. The molecule has 0 heterocycles. The van der Waals surface area contributed by atoms with Crippen molar-refractivity contribution in [1.82, 2.24) is 0 Å². The SMILES string of the molecule is CC(C)c1ccc(NC(=O)Nc2c(F)cccc2Cl)cc1. The second-order valence-electron chi connectivity index (χ2n) is 4.95. The number of benzene rings is 2. The number of rotatable bonds is 3. The largest absolute Gasteiger partial charge is 0.323 e. The first-order valence-electron chi connectivity index (χ1n) is 6.59. The van der Waals surface area contributed by atoms with Gasteiger partial charge in [0.2, 0.25) is 0 Å². The number of urea groups is 1. The van der Waals surface area contributed by atoms with Crippen molar-refractivity contribution in [2.45, 2.75) is 19.8 Å². The maximum atomic E-state index is 13.6. The number of hydrogen-bond acceptors (Lipinski definition) is 1. The Kier molecular flexibility index (Phi) is 4.81. The molecule has 2 aromatic rings. The van der Waals surface area contributed by atoms with Gasteiger partial charge in [0, 0.05) is 5.69 Å². The maximum Gasteiger partial charge on any atom is 0.323 e. The first-order valence-corrected chi connectivity index (χ1v) is 6.97. The highest BCUT2D eigenvalue weighted by Gasteiger charge is 2.10. The molecule has 0 spiro atoms. The molecular weight excluding hydrogens is 291 g/mol. The van der Waals surface area contributed by atoms with Crippen molar-refractivity contribution in [3.8, 4) is 0 Å². The smallest absolute Gasteiger partial charge is 0.308 e. The lowest BCUT2D eigenvalue weighted by atomic mass is 10.0. The maximum absolute atomic E-state index is 13.6. The van der Waals surface area contributed by atoms with Gasteiger partial charge in [0.1, 0.15) is 5.82 Å². The third kappa shape index (κ3) is 3.95. The van der Waals surface area contributed by atoms with Crippen LogP contribution in [0.5, 0.6) is 0 Å². The zero-order valence-corrected chi connectivity index (χ0v) is 12.5. The number of nitrogens with one attached hydrogen (secondary N) is 2. The molecule has 0 atom stereocenters. The van der Waals surface area contributed by atoms with Crippen molar-refractivity contribution in [3.63, 3.8) is 0 Å². The van der Waals surface area contributed by atoms with Crippen molar-refractivity contribution in [1.29, 1.82) is 0 Å². The van der Waals surface area contributed by atoms with Gasteiger partial charge in [-0.15, -0.1) is 0 Å². The monoisotopic (exact) mass is 306 g/mol. The summed E-state index contributed by atoms with van der Waals surface area (Å²) in [7, 11) is 0. The molecular formula is C16H16ClFN2O. The molecule has 0 saturated carbocycles. The van der Waals surface area contributed by atoms with E-state index in [4.69, 9.17) is 11.6 Å². The van der Waals surface area contributed by atoms with Gasteiger partial charge in [0.15, 0.2) is 0 Å². The van der Waals surface area contributed by atoms with E-state index in [1.807, 2.05) is 12.1 Å². The van der Waals surface area contributed by atoms with E-state index in [1.165, 1.54) is 23.8 Å². The van der Waals surface area contributed by atoms with Crippen LogP contribution in [0.4, 0.5) is 20.6 Å². The molecule has 0 unspecified atom stereocenters. The summed E-state index contributed by atoms with van der Waals surface area (Å²) >= 11 is 5.85. The van der Waals surface area contributed by atoms with Gasteiger partial charge >= 0.3 is 6.03 Å². The Bertz CT molecular complexity index is 621. The van der Waals surface area contributed by atoms with Crippen LogP contribution in [0.15, 0.2) is 42.5 Å². The summed E-state index contributed by atoms with van der Waals surface area (Å²) < 4.78 is 13.6. The van der Waals surface area contributed by atoms with Crippen LogP contribution < -0.4 is 10.6 Å². The molecule has 2 aromatic carbocycles. The fraction of sp³-hybridized carbons (Fsp3) is 0.188. The summed E-state index contributed by atoms with van der Waals surface area (Å²) in [5.41, 5.74) is 1.78. The number of para-hydroxylation sites is 1. The van der Waals surface area contributed by atoms with Gasteiger partial charge in [-0.3, -0.25) is 0 Å². The molecule has 2 rings (SSSR count). The van der Waals surface area contributed by atoms with Crippen LogP contribution in [0.3, 0.4) is 0 Å². The van der Waals surface area contributed by atoms with E-state index in [-0.39, 0.29) is 10.7 Å². The third-order valence-corrected chi connectivity index (χ3v) is 3.35. The zero-order chi connectivity index (χ0) is 15.4. The van der Waals surface area contributed by atoms with Crippen LogP contribution in [0.2, 0.25) is 5.02 Å². The van der Waals surface area contributed by atoms with Gasteiger partial charge in [0.25, 0.3) is 0 Å². The summed E-state index contributed by atoms with van der Waals surface area (Å²) in [5, 5.41) is 5.20. The second-order valence-corrected chi connectivity index (χ2v) is 5.36. The first-order chi connectivity index (χ1) is 9.97. The molecule has 0 radical (unpaired) electrons. The van der Waals surface area contributed by atoms with Gasteiger partial charge in [-0.05, 0) is 35.7 Å². The number of carbonyl (C=O) groups excluding carboxylic acids is 1. The van der Waals surface area contributed by atoms with Gasteiger partial charge < -0.3 is 10.6 Å².